The van der Waals surface area contributed by atoms with Crippen molar-refractivity contribution in [3.63, 3.8) is 0 Å². The van der Waals surface area contributed by atoms with Crippen LogP contribution < -0.4 is 0 Å². The molecule has 0 heterocycles. The Morgan fingerprint density at radius 2 is 1.47 bits per heavy atom. The first-order valence-corrected chi connectivity index (χ1v) is 6.24. The molecule has 100 valence electrons. The fraction of sp³-hybridized carbons (Fsp3) is 0.0769. The summed E-state index contributed by atoms with van der Waals surface area (Å²) in [5.74, 6) is 0. The van der Waals surface area contributed by atoms with E-state index in [1.54, 1.807) is 12.1 Å². The second kappa shape index (κ2) is 5.23. The van der Waals surface area contributed by atoms with Gasteiger partial charge in [0.15, 0.2) is 0 Å². The van der Waals surface area contributed by atoms with Gasteiger partial charge in [-0.1, -0.05) is 46.9 Å². The first-order chi connectivity index (χ1) is 8.79. The van der Waals surface area contributed by atoms with E-state index in [1.165, 1.54) is 18.2 Å². The van der Waals surface area contributed by atoms with Gasteiger partial charge in [0.25, 0.3) is 0 Å². The van der Waals surface area contributed by atoms with Gasteiger partial charge < -0.3 is 0 Å². The highest BCUT2D eigenvalue weighted by atomic mass is 35.5. The summed E-state index contributed by atoms with van der Waals surface area (Å²) in [7, 11) is 0. The summed E-state index contributed by atoms with van der Waals surface area (Å²) in [6.07, 6.45) is -4.47. The van der Waals surface area contributed by atoms with Gasteiger partial charge in [-0.25, -0.2) is 0 Å². The van der Waals surface area contributed by atoms with Crippen LogP contribution in [-0.4, -0.2) is 0 Å². The van der Waals surface area contributed by atoms with Gasteiger partial charge in [0.2, 0.25) is 0 Å². The molecule has 0 aliphatic rings. The maximum Gasteiger partial charge on any atom is 0.417 e. The first kappa shape index (κ1) is 14.5. The van der Waals surface area contributed by atoms with Gasteiger partial charge in [0, 0.05) is 15.6 Å². The van der Waals surface area contributed by atoms with E-state index in [1.807, 2.05) is 0 Å². The molecule has 0 fully saturated rings. The number of rotatable bonds is 1. The highest BCUT2D eigenvalue weighted by Crippen LogP contribution is 2.38. The number of hydrogen-bond acceptors (Lipinski definition) is 0. The highest BCUT2D eigenvalue weighted by molar-refractivity contribution is 6.36. The largest absolute Gasteiger partial charge is 0.417 e. The van der Waals surface area contributed by atoms with Crippen molar-refractivity contribution < 1.29 is 13.2 Å². The van der Waals surface area contributed by atoms with Crippen molar-refractivity contribution in [3.05, 3.63) is 57.0 Å². The Hall–Kier alpha value is -0.900. The van der Waals surface area contributed by atoms with E-state index >= 15 is 0 Å². The quantitative estimate of drug-likeness (QED) is 0.574. The minimum atomic E-state index is -4.47. The number of alkyl halides is 3. The summed E-state index contributed by atoms with van der Waals surface area (Å²) in [6, 6.07) is 8.24. The molecular weight excluding hydrogens is 319 g/mol. The van der Waals surface area contributed by atoms with Crippen LogP contribution in [0, 0.1) is 0 Å². The fourth-order valence-electron chi connectivity index (χ4n) is 1.64. The molecule has 0 spiro atoms. The Balaban J connectivity index is 2.51. The van der Waals surface area contributed by atoms with Gasteiger partial charge in [-0.05, 0) is 29.8 Å². The molecule has 0 aliphatic carbocycles. The minimum absolute atomic E-state index is 0.350. The summed E-state index contributed by atoms with van der Waals surface area (Å²) in [5, 5.41) is 0.436. The summed E-state index contributed by atoms with van der Waals surface area (Å²) in [6.45, 7) is 0. The Kier molecular flexibility index (Phi) is 4.00. The molecule has 0 saturated carbocycles. The monoisotopic (exact) mass is 324 g/mol. The molecule has 19 heavy (non-hydrogen) atoms. The molecule has 0 amide bonds. The highest BCUT2D eigenvalue weighted by Gasteiger charge is 2.33. The van der Waals surface area contributed by atoms with E-state index < -0.39 is 11.7 Å². The summed E-state index contributed by atoms with van der Waals surface area (Å²) in [5.41, 5.74) is 0.198. The van der Waals surface area contributed by atoms with Gasteiger partial charge in [0.05, 0.1) is 10.6 Å². The molecule has 0 atom stereocenters. The molecule has 0 aromatic heterocycles. The van der Waals surface area contributed by atoms with Gasteiger partial charge in [-0.15, -0.1) is 0 Å². The average Bonchev–Trinajstić information content (AvgIpc) is 2.26. The zero-order valence-electron chi connectivity index (χ0n) is 9.23. The zero-order valence-corrected chi connectivity index (χ0v) is 11.5. The van der Waals surface area contributed by atoms with Gasteiger partial charge in [-0.3, -0.25) is 0 Å². The van der Waals surface area contributed by atoms with Crippen molar-refractivity contribution in [2.75, 3.05) is 0 Å². The number of benzene rings is 2. The van der Waals surface area contributed by atoms with Crippen LogP contribution in [0.5, 0.6) is 0 Å². The van der Waals surface area contributed by atoms with Crippen molar-refractivity contribution >= 4 is 34.8 Å². The molecule has 0 saturated heterocycles. The standard InChI is InChI=1S/C13H6Cl3F3/c14-8-2-3-9(11(15)6-8)7-1-4-10(12(16)5-7)13(17,18)19/h1-6H. The molecule has 6 heteroatoms. The van der Waals surface area contributed by atoms with Crippen LogP contribution >= 0.6 is 34.8 Å². The van der Waals surface area contributed by atoms with E-state index in [0.717, 1.165) is 6.07 Å². The van der Waals surface area contributed by atoms with Crippen molar-refractivity contribution in [2.45, 2.75) is 6.18 Å². The SMILES string of the molecule is FC(F)(F)c1ccc(-c2ccc(Cl)cc2Cl)cc1Cl. The summed E-state index contributed by atoms with van der Waals surface area (Å²) in [4.78, 5) is 0. The van der Waals surface area contributed by atoms with Crippen LogP contribution in [0.3, 0.4) is 0 Å². The van der Waals surface area contributed by atoms with Crippen LogP contribution in [0.4, 0.5) is 13.2 Å². The second-order valence-electron chi connectivity index (χ2n) is 3.82. The van der Waals surface area contributed by atoms with Crippen LogP contribution in [0.2, 0.25) is 15.1 Å². The van der Waals surface area contributed by atoms with Crippen LogP contribution in [-0.2, 0) is 6.18 Å². The topological polar surface area (TPSA) is 0 Å². The molecule has 2 rings (SSSR count). The zero-order chi connectivity index (χ0) is 14.2. The van der Waals surface area contributed by atoms with Crippen molar-refractivity contribution in [2.24, 2.45) is 0 Å². The average molecular weight is 326 g/mol. The molecule has 0 aliphatic heterocycles. The smallest absolute Gasteiger partial charge is 0.166 e. The number of halogens is 6. The lowest BCUT2D eigenvalue weighted by Gasteiger charge is -2.11. The summed E-state index contributed by atoms with van der Waals surface area (Å²) >= 11 is 17.4. The van der Waals surface area contributed by atoms with Gasteiger partial charge >= 0.3 is 6.18 Å². The molecule has 2 aromatic rings. The molecule has 0 nitrogen and oxygen atoms in total. The Labute approximate surface area is 122 Å². The minimum Gasteiger partial charge on any atom is -0.166 e. The molecule has 2 aromatic carbocycles. The Bertz CT molecular complexity index is 621. The van der Waals surface area contributed by atoms with E-state index in [0.29, 0.717) is 21.2 Å². The molecule has 0 unspecified atom stereocenters. The van der Waals surface area contributed by atoms with Gasteiger partial charge in [0.1, 0.15) is 0 Å². The molecule has 0 radical (unpaired) electrons. The Morgan fingerprint density at radius 3 is 2.00 bits per heavy atom. The number of hydrogen-bond donors (Lipinski definition) is 0. The van der Waals surface area contributed by atoms with Crippen molar-refractivity contribution in [1.82, 2.24) is 0 Å². The van der Waals surface area contributed by atoms with Crippen LogP contribution in [0.25, 0.3) is 11.1 Å². The van der Waals surface area contributed by atoms with E-state index in [9.17, 15) is 13.2 Å². The molecule has 0 N–H and O–H groups in total. The van der Waals surface area contributed by atoms with Crippen molar-refractivity contribution in [3.8, 4) is 11.1 Å². The lowest BCUT2D eigenvalue weighted by Crippen LogP contribution is -2.05. The third-order valence-corrected chi connectivity index (χ3v) is 3.38. The third-order valence-electron chi connectivity index (χ3n) is 2.52. The Morgan fingerprint density at radius 1 is 0.789 bits per heavy atom. The lowest BCUT2D eigenvalue weighted by atomic mass is 10.0. The predicted octanol–water partition coefficient (Wildman–Crippen LogP) is 6.33. The van der Waals surface area contributed by atoms with Gasteiger partial charge in [-0.2, -0.15) is 13.2 Å². The first-order valence-electron chi connectivity index (χ1n) is 5.11. The van der Waals surface area contributed by atoms with E-state index in [-0.39, 0.29) is 5.02 Å². The molecule has 0 bridgehead atoms. The van der Waals surface area contributed by atoms with Crippen LogP contribution in [0.1, 0.15) is 5.56 Å². The molecular formula is C13H6Cl3F3. The second-order valence-corrected chi connectivity index (χ2v) is 5.07. The van der Waals surface area contributed by atoms with Crippen molar-refractivity contribution in [1.29, 1.82) is 0 Å². The lowest BCUT2D eigenvalue weighted by molar-refractivity contribution is -0.137. The normalized spacial score (nSPS) is 11.7. The van der Waals surface area contributed by atoms with E-state index in [4.69, 9.17) is 34.8 Å². The van der Waals surface area contributed by atoms with E-state index in [2.05, 4.69) is 0 Å². The summed E-state index contributed by atoms with van der Waals surface area (Å²) < 4.78 is 37.8. The van der Waals surface area contributed by atoms with Crippen LogP contribution in [0.15, 0.2) is 36.4 Å². The predicted molar refractivity (Wildman–Crippen MR) is 71.9 cm³/mol. The maximum atomic E-state index is 12.6. The maximum absolute atomic E-state index is 12.6. The third kappa shape index (κ3) is 3.16. The fourth-order valence-corrected chi connectivity index (χ4v) is 2.44.